The molecule has 0 spiro atoms. The average molecular weight is 220 g/mol. The van der Waals surface area contributed by atoms with Crippen molar-refractivity contribution in [2.45, 2.75) is 19.8 Å². The molecular weight excluding hydrogens is 205 g/mol. The van der Waals surface area contributed by atoms with Gasteiger partial charge in [0.25, 0.3) is 0 Å². The van der Waals surface area contributed by atoms with Gasteiger partial charge in [-0.15, -0.1) is 0 Å². The van der Waals surface area contributed by atoms with Crippen molar-refractivity contribution in [3.63, 3.8) is 0 Å². The number of nitrogens with zero attached hydrogens (tertiary/aromatic N) is 1. The Labute approximate surface area is 76.3 Å². The first-order valence-corrected chi connectivity index (χ1v) is 5.05. The fraction of sp³-hybridized carbons (Fsp3) is 0.875. The Hall–Kier alpha value is 0.149. The van der Waals surface area contributed by atoms with Crippen LogP contribution in [0, 0.1) is 0 Å². The van der Waals surface area contributed by atoms with Gasteiger partial charge in [-0.2, -0.15) is 0 Å². The van der Waals surface area contributed by atoms with Crippen molar-refractivity contribution in [1.29, 1.82) is 0 Å². The summed E-state index contributed by atoms with van der Waals surface area (Å²) in [7, 11) is 0. The zero-order valence-corrected chi connectivity index (χ0v) is 8.72. The predicted octanol–water partition coefficient (Wildman–Crippen LogP) is 0.417. The molecule has 0 saturated carbocycles. The van der Waals surface area contributed by atoms with E-state index in [1.807, 2.05) is 0 Å². The molecule has 1 aliphatic heterocycles. The molecule has 11 heavy (non-hydrogen) atoms. The molecule has 1 rings (SSSR count). The van der Waals surface area contributed by atoms with Gasteiger partial charge < -0.3 is 0 Å². The van der Waals surface area contributed by atoms with Crippen LogP contribution >= 0.6 is 0 Å². The Morgan fingerprint density at radius 3 is 2.64 bits per heavy atom. The molecule has 3 heteroatoms. The van der Waals surface area contributed by atoms with Gasteiger partial charge in [-0.05, 0) is 0 Å². The van der Waals surface area contributed by atoms with Crippen LogP contribution in [0.2, 0.25) is 0 Å². The molecule has 0 radical (unpaired) electrons. The standard InChI is InChI=1S/C8H15NOSe/c1-2-3-8(11)9-4-6-10-7-5-9/h2-7H2,1H3. The van der Waals surface area contributed by atoms with Crippen LogP contribution in [0.3, 0.4) is 0 Å². The molecule has 0 atom stereocenters. The molecule has 0 aromatic carbocycles. The fourth-order valence-corrected chi connectivity index (χ4v) is 2.00. The van der Waals surface area contributed by atoms with E-state index in [0.29, 0.717) is 0 Å². The summed E-state index contributed by atoms with van der Waals surface area (Å²) in [5, 5.41) is 0. The molecule has 1 saturated heterocycles. The summed E-state index contributed by atoms with van der Waals surface area (Å²) >= 11 is 3.13. The zero-order chi connectivity index (χ0) is 8.10. The first-order chi connectivity index (χ1) is 5.34. The van der Waals surface area contributed by atoms with Crippen LogP contribution in [0.25, 0.3) is 0 Å². The van der Waals surface area contributed by atoms with Crippen LogP contribution in [-0.4, -0.2) is 51.3 Å². The van der Waals surface area contributed by atoms with E-state index in [2.05, 4.69) is 27.4 Å². The summed E-state index contributed by atoms with van der Waals surface area (Å²) in [6, 6.07) is 0. The molecule has 0 amide bonds. The van der Waals surface area contributed by atoms with Crippen molar-refractivity contribution in [1.82, 2.24) is 4.90 Å². The molecule has 0 N–H and O–H groups in total. The second kappa shape index (κ2) is 4.91. The van der Waals surface area contributed by atoms with Gasteiger partial charge in [0.05, 0.1) is 0 Å². The first kappa shape index (κ1) is 9.24. The van der Waals surface area contributed by atoms with E-state index in [1.54, 1.807) is 0 Å². The molecule has 2 nitrogen and oxygen atoms in total. The first-order valence-electron chi connectivity index (χ1n) is 4.20. The molecule has 64 valence electrons. The normalized spacial score (nSPS) is 18.5. The number of hydrogen-bond acceptors (Lipinski definition) is 2. The molecule has 0 aliphatic carbocycles. The minimum atomic E-state index is 0.884. The van der Waals surface area contributed by atoms with E-state index in [4.69, 9.17) is 4.74 Å². The van der Waals surface area contributed by atoms with Crippen molar-refractivity contribution in [3.8, 4) is 0 Å². The molecule has 0 unspecified atom stereocenters. The summed E-state index contributed by atoms with van der Waals surface area (Å²) in [6.45, 7) is 6.09. The third kappa shape index (κ3) is 2.94. The van der Waals surface area contributed by atoms with Crippen molar-refractivity contribution in [2.24, 2.45) is 0 Å². The van der Waals surface area contributed by atoms with Gasteiger partial charge in [-0.3, -0.25) is 0 Å². The third-order valence-corrected chi connectivity index (χ3v) is 2.80. The Bertz CT molecular complexity index is 132. The van der Waals surface area contributed by atoms with Gasteiger partial charge in [0, 0.05) is 0 Å². The number of morpholine rings is 1. The van der Waals surface area contributed by atoms with Crippen LogP contribution in [0.5, 0.6) is 0 Å². The van der Waals surface area contributed by atoms with Crippen LogP contribution < -0.4 is 0 Å². The van der Waals surface area contributed by atoms with Gasteiger partial charge >= 0.3 is 75.8 Å². The van der Waals surface area contributed by atoms with Crippen LogP contribution in [0.1, 0.15) is 19.8 Å². The van der Waals surface area contributed by atoms with Crippen LogP contribution in [-0.2, 0) is 4.74 Å². The van der Waals surface area contributed by atoms with Gasteiger partial charge in [-0.25, -0.2) is 0 Å². The molecule has 1 fully saturated rings. The number of rotatable bonds is 3. The Morgan fingerprint density at radius 2 is 2.09 bits per heavy atom. The monoisotopic (exact) mass is 221 g/mol. The van der Waals surface area contributed by atoms with E-state index < -0.39 is 0 Å². The van der Waals surface area contributed by atoms with E-state index in [0.717, 1.165) is 26.3 Å². The van der Waals surface area contributed by atoms with Crippen molar-refractivity contribution in [3.05, 3.63) is 0 Å². The van der Waals surface area contributed by atoms with E-state index in [1.165, 1.54) is 17.4 Å². The summed E-state index contributed by atoms with van der Waals surface area (Å²) in [5.74, 6) is 0. The van der Waals surface area contributed by atoms with Gasteiger partial charge in [0.15, 0.2) is 0 Å². The molecule has 0 bridgehead atoms. The third-order valence-electron chi connectivity index (χ3n) is 1.83. The Kier molecular flexibility index (Phi) is 4.13. The summed E-state index contributed by atoms with van der Waals surface area (Å²) in [4.78, 5) is 2.38. The quantitative estimate of drug-likeness (QED) is 0.639. The topological polar surface area (TPSA) is 12.5 Å². The van der Waals surface area contributed by atoms with Crippen molar-refractivity contribution in [2.75, 3.05) is 26.3 Å². The second-order valence-electron chi connectivity index (χ2n) is 2.74. The summed E-state index contributed by atoms with van der Waals surface area (Å²) in [6.07, 6.45) is 2.40. The second-order valence-corrected chi connectivity index (χ2v) is 3.73. The molecule has 1 aliphatic rings. The van der Waals surface area contributed by atoms with Gasteiger partial charge in [0.1, 0.15) is 0 Å². The van der Waals surface area contributed by atoms with Crippen molar-refractivity contribution >= 4 is 20.1 Å². The Balaban J connectivity index is 2.27. The van der Waals surface area contributed by atoms with Crippen LogP contribution in [0.4, 0.5) is 0 Å². The fourth-order valence-electron chi connectivity index (χ4n) is 1.18. The van der Waals surface area contributed by atoms with Crippen LogP contribution in [0.15, 0.2) is 0 Å². The maximum absolute atomic E-state index is 5.26. The van der Waals surface area contributed by atoms with E-state index in [-0.39, 0.29) is 0 Å². The number of hydrogen-bond donors (Lipinski definition) is 0. The van der Waals surface area contributed by atoms with Gasteiger partial charge in [-0.1, -0.05) is 0 Å². The number of ether oxygens (including phenoxy) is 1. The molecule has 1 heterocycles. The van der Waals surface area contributed by atoms with E-state index in [9.17, 15) is 0 Å². The average Bonchev–Trinajstić information content (AvgIpc) is 2.07. The molecular formula is C8H15NOSe. The minimum absolute atomic E-state index is 0.884. The predicted molar refractivity (Wildman–Crippen MR) is 48.1 cm³/mol. The zero-order valence-electron chi connectivity index (χ0n) is 7.01. The molecule has 0 aromatic heterocycles. The van der Waals surface area contributed by atoms with E-state index >= 15 is 0 Å². The summed E-state index contributed by atoms with van der Waals surface area (Å²) in [5.41, 5.74) is 0. The van der Waals surface area contributed by atoms with Gasteiger partial charge in [0.2, 0.25) is 0 Å². The summed E-state index contributed by atoms with van der Waals surface area (Å²) < 4.78 is 6.66. The van der Waals surface area contributed by atoms with Crippen molar-refractivity contribution < 1.29 is 4.74 Å². The maximum atomic E-state index is 5.26. The Morgan fingerprint density at radius 1 is 1.45 bits per heavy atom. The SMILES string of the molecule is CCCC(=[Se])N1CCOCC1. The molecule has 0 aromatic rings.